The molecule has 2 heterocycles. The number of fused-ring (bicyclic) bond motifs is 1. The Morgan fingerprint density at radius 1 is 1.37 bits per heavy atom. The quantitative estimate of drug-likeness (QED) is 0.855. The molecule has 2 aromatic heterocycles. The van der Waals surface area contributed by atoms with Crippen molar-refractivity contribution in [3.05, 3.63) is 52.6 Å². The molecule has 3 nitrogen and oxygen atoms in total. The lowest BCUT2D eigenvalue weighted by Crippen LogP contribution is -1.99. The summed E-state index contributed by atoms with van der Waals surface area (Å²) < 4.78 is 2.11. The second-order valence-corrected chi connectivity index (χ2v) is 5.55. The highest BCUT2D eigenvalue weighted by molar-refractivity contribution is 6.31. The molecule has 19 heavy (non-hydrogen) atoms. The number of hydrogen-bond donors (Lipinski definition) is 1. The molecule has 0 spiro atoms. The van der Waals surface area contributed by atoms with Crippen molar-refractivity contribution in [1.82, 2.24) is 9.55 Å². The number of aliphatic hydroxyl groups is 1. The van der Waals surface area contributed by atoms with E-state index in [0.717, 1.165) is 43.4 Å². The zero-order valence-electron chi connectivity index (χ0n) is 10.7. The van der Waals surface area contributed by atoms with Crippen molar-refractivity contribution in [3.8, 4) is 0 Å². The fourth-order valence-electron chi connectivity index (χ4n) is 2.71. The molecule has 2 aromatic rings. The van der Waals surface area contributed by atoms with Crippen molar-refractivity contribution >= 4 is 11.6 Å². The summed E-state index contributed by atoms with van der Waals surface area (Å²) in [5.41, 5.74) is 3.41. The highest BCUT2D eigenvalue weighted by Gasteiger charge is 2.18. The van der Waals surface area contributed by atoms with Gasteiger partial charge in [-0.1, -0.05) is 18.0 Å². The number of halogens is 1. The van der Waals surface area contributed by atoms with Gasteiger partial charge in [0.25, 0.3) is 0 Å². The molecule has 1 unspecified atom stereocenters. The summed E-state index contributed by atoms with van der Waals surface area (Å²) in [6.45, 7) is 0.723. The normalized spacial score (nSPS) is 18.9. The van der Waals surface area contributed by atoms with Gasteiger partial charge in [0.1, 0.15) is 0 Å². The highest BCUT2D eigenvalue weighted by atomic mass is 35.5. The smallest absolute Gasteiger partial charge is 0.0807 e. The number of hydrogen-bond acceptors (Lipinski definition) is 2. The van der Waals surface area contributed by atoms with Gasteiger partial charge in [0, 0.05) is 36.9 Å². The molecule has 0 saturated carbocycles. The van der Waals surface area contributed by atoms with Crippen molar-refractivity contribution in [3.63, 3.8) is 0 Å². The molecule has 4 heteroatoms. The van der Waals surface area contributed by atoms with Crippen LogP contribution in [0.15, 0.2) is 30.9 Å². The molecule has 3 rings (SSSR count). The van der Waals surface area contributed by atoms with Gasteiger partial charge < -0.3 is 9.67 Å². The van der Waals surface area contributed by atoms with Gasteiger partial charge in [0.05, 0.1) is 11.1 Å². The molecule has 0 aliphatic heterocycles. The minimum atomic E-state index is -0.313. The van der Waals surface area contributed by atoms with E-state index in [2.05, 4.69) is 21.9 Å². The maximum atomic E-state index is 10.1. The molecule has 0 saturated heterocycles. The van der Waals surface area contributed by atoms with Gasteiger partial charge >= 0.3 is 0 Å². The minimum absolute atomic E-state index is 0.313. The second-order valence-electron chi connectivity index (χ2n) is 5.14. The maximum Gasteiger partial charge on any atom is 0.0807 e. The van der Waals surface area contributed by atoms with Crippen molar-refractivity contribution in [2.75, 3.05) is 0 Å². The Labute approximate surface area is 117 Å². The zero-order chi connectivity index (χ0) is 13.2. The molecule has 1 aliphatic carbocycles. The van der Waals surface area contributed by atoms with E-state index in [4.69, 9.17) is 11.6 Å². The summed E-state index contributed by atoms with van der Waals surface area (Å²) in [4.78, 5) is 3.99. The average Bonchev–Trinajstić information content (AvgIpc) is 2.73. The van der Waals surface area contributed by atoms with Gasteiger partial charge in [-0.2, -0.15) is 0 Å². The highest BCUT2D eigenvalue weighted by Crippen LogP contribution is 2.29. The number of aliphatic hydroxyl groups excluding tert-OH is 1. The third kappa shape index (κ3) is 2.67. The van der Waals surface area contributed by atoms with E-state index in [-0.39, 0.29) is 6.10 Å². The first-order valence-corrected chi connectivity index (χ1v) is 7.07. The number of aromatic nitrogens is 2. The minimum Gasteiger partial charge on any atom is -0.388 e. The molecule has 0 fully saturated rings. The van der Waals surface area contributed by atoms with Gasteiger partial charge in [-0.05, 0) is 36.5 Å². The predicted octanol–water partition coefficient (Wildman–Crippen LogP) is 3.34. The van der Waals surface area contributed by atoms with Crippen LogP contribution >= 0.6 is 11.6 Å². The predicted molar refractivity (Wildman–Crippen MR) is 75.3 cm³/mol. The molecular weight excluding hydrogens is 260 g/mol. The Balaban J connectivity index is 1.87. The van der Waals surface area contributed by atoms with E-state index in [0.29, 0.717) is 5.02 Å². The molecule has 0 bridgehead atoms. The second kappa shape index (κ2) is 5.35. The van der Waals surface area contributed by atoms with Crippen LogP contribution in [0.3, 0.4) is 0 Å². The average molecular weight is 277 g/mol. The third-order valence-electron chi connectivity index (χ3n) is 3.74. The fourth-order valence-corrected chi connectivity index (χ4v) is 2.89. The van der Waals surface area contributed by atoms with Crippen LogP contribution in [0.2, 0.25) is 5.02 Å². The first kappa shape index (κ1) is 12.7. The summed E-state index contributed by atoms with van der Waals surface area (Å²) in [6, 6.07) is 1.93. The van der Waals surface area contributed by atoms with Crippen molar-refractivity contribution < 1.29 is 5.11 Å². The maximum absolute atomic E-state index is 10.1. The number of aryl methyl sites for hydroxylation is 1. The van der Waals surface area contributed by atoms with Crippen molar-refractivity contribution in [1.29, 1.82) is 0 Å². The Morgan fingerprint density at radius 2 is 2.26 bits per heavy atom. The lowest BCUT2D eigenvalue weighted by Gasteiger charge is -2.07. The summed E-state index contributed by atoms with van der Waals surface area (Å²) in [5.74, 6) is 0. The van der Waals surface area contributed by atoms with Crippen LogP contribution < -0.4 is 0 Å². The summed E-state index contributed by atoms with van der Waals surface area (Å²) in [5, 5.41) is 10.8. The van der Waals surface area contributed by atoms with Gasteiger partial charge in [0.2, 0.25) is 0 Å². The Kier molecular flexibility index (Phi) is 3.58. The van der Waals surface area contributed by atoms with Crippen LogP contribution in [0.1, 0.15) is 42.1 Å². The topological polar surface area (TPSA) is 38.0 Å². The molecular formula is C15H17ClN2O. The van der Waals surface area contributed by atoms with Crippen LogP contribution in [0.25, 0.3) is 0 Å². The molecule has 1 N–H and O–H groups in total. The molecule has 0 aromatic carbocycles. The van der Waals surface area contributed by atoms with Gasteiger partial charge in [-0.15, -0.1) is 0 Å². The van der Waals surface area contributed by atoms with E-state index in [9.17, 15) is 5.11 Å². The monoisotopic (exact) mass is 276 g/mol. The standard InChI is InChI=1S/C15H17ClN2O/c16-14-7-17-6-5-12(14)9-18-8-11-3-1-2-4-15(19)13(11)10-18/h5-8,10,15,19H,1-4,9H2. The lowest BCUT2D eigenvalue weighted by atomic mass is 10.1. The largest absolute Gasteiger partial charge is 0.388 e. The fraction of sp³-hybridized carbons (Fsp3) is 0.400. The van der Waals surface area contributed by atoms with Crippen LogP contribution in [0.5, 0.6) is 0 Å². The Hall–Kier alpha value is -1.32. The molecule has 0 radical (unpaired) electrons. The summed E-state index contributed by atoms with van der Waals surface area (Å²) >= 11 is 6.13. The van der Waals surface area contributed by atoms with Crippen LogP contribution in [0.4, 0.5) is 0 Å². The van der Waals surface area contributed by atoms with Crippen LogP contribution in [-0.4, -0.2) is 14.7 Å². The SMILES string of the molecule is OC1CCCCc2cn(Cc3ccncc3Cl)cc21. The van der Waals surface area contributed by atoms with Crippen LogP contribution in [-0.2, 0) is 13.0 Å². The van der Waals surface area contributed by atoms with E-state index < -0.39 is 0 Å². The Bertz CT molecular complexity index is 579. The van der Waals surface area contributed by atoms with Gasteiger partial charge in [-0.25, -0.2) is 0 Å². The molecule has 1 atom stereocenters. The third-order valence-corrected chi connectivity index (χ3v) is 4.08. The van der Waals surface area contributed by atoms with Gasteiger partial charge in [0.15, 0.2) is 0 Å². The molecule has 0 amide bonds. The van der Waals surface area contributed by atoms with Crippen molar-refractivity contribution in [2.45, 2.75) is 38.3 Å². The van der Waals surface area contributed by atoms with Crippen molar-refractivity contribution in [2.24, 2.45) is 0 Å². The van der Waals surface area contributed by atoms with E-state index in [1.165, 1.54) is 5.56 Å². The zero-order valence-corrected chi connectivity index (χ0v) is 11.5. The van der Waals surface area contributed by atoms with E-state index >= 15 is 0 Å². The number of pyridine rings is 1. The summed E-state index contributed by atoms with van der Waals surface area (Å²) in [6.07, 6.45) is 11.5. The van der Waals surface area contributed by atoms with E-state index in [1.807, 2.05) is 6.07 Å². The summed E-state index contributed by atoms with van der Waals surface area (Å²) in [7, 11) is 0. The first-order valence-electron chi connectivity index (χ1n) is 6.69. The Morgan fingerprint density at radius 3 is 3.11 bits per heavy atom. The van der Waals surface area contributed by atoms with Crippen LogP contribution in [0, 0.1) is 0 Å². The first-order chi connectivity index (χ1) is 9.24. The number of rotatable bonds is 2. The number of nitrogens with zero attached hydrogens (tertiary/aromatic N) is 2. The lowest BCUT2D eigenvalue weighted by molar-refractivity contribution is 0.166. The van der Waals surface area contributed by atoms with E-state index in [1.54, 1.807) is 12.4 Å². The van der Waals surface area contributed by atoms with Gasteiger partial charge in [-0.3, -0.25) is 4.98 Å². The molecule has 1 aliphatic rings. The molecule has 100 valence electrons.